The van der Waals surface area contributed by atoms with Crippen LogP contribution in [0.2, 0.25) is 0 Å². The summed E-state index contributed by atoms with van der Waals surface area (Å²) in [4.78, 5) is 29.2. The molecular weight excluding hydrogens is 462 g/mol. The average molecular weight is 488 g/mol. The maximum atomic E-state index is 13.4. The second-order valence-corrected chi connectivity index (χ2v) is 7.72. The molecule has 0 saturated heterocycles. The zero-order valence-corrected chi connectivity index (χ0v) is 20.0. The van der Waals surface area contributed by atoms with Crippen molar-refractivity contribution in [3.8, 4) is 34.3 Å². The highest BCUT2D eigenvalue weighted by Gasteiger charge is 2.18. The van der Waals surface area contributed by atoms with Gasteiger partial charge in [-0.05, 0) is 36.4 Å². The first-order valence-corrected chi connectivity index (χ1v) is 11.0. The number of primary amides is 1. The van der Waals surface area contributed by atoms with Gasteiger partial charge < -0.3 is 30.0 Å². The number of nitrogens with zero attached hydrogens (tertiary/aromatic N) is 1. The number of para-hydroxylation sites is 1. The van der Waals surface area contributed by atoms with Crippen LogP contribution in [0.15, 0.2) is 66.7 Å². The van der Waals surface area contributed by atoms with Gasteiger partial charge in [0.05, 0.1) is 38.1 Å². The number of pyridine rings is 1. The molecule has 9 heteroatoms. The zero-order chi connectivity index (χ0) is 25.7. The molecule has 3 aromatic carbocycles. The van der Waals surface area contributed by atoms with Crippen molar-refractivity contribution in [2.75, 3.05) is 33.3 Å². The Morgan fingerprint density at radius 3 is 2.28 bits per heavy atom. The van der Waals surface area contributed by atoms with Crippen LogP contribution in [0.1, 0.15) is 10.4 Å². The van der Waals surface area contributed by atoms with Crippen molar-refractivity contribution in [2.24, 2.45) is 5.73 Å². The molecule has 0 saturated carbocycles. The van der Waals surface area contributed by atoms with Crippen molar-refractivity contribution in [1.29, 1.82) is 0 Å². The van der Waals surface area contributed by atoms with Gasteiger partial charge in [0.25, 0.3) is 11.8 Å². The van der Waals surface area contributed by atoms with E-state index in [0.29, 0.717) is 56.4 Å². The van der Waals surface area contributed by atoms with E-state index in [9.17, 15) is 9.59 Å². The van der Waals surface area contributed by atoms with Gasteiger partial charge in [-0.3, -0.25) is 9.59 Å². The van der Waals surface area contributed by atoms with Gasteiger partial charge in [0, 0.05) is 22.7 Å². The van der Waals surface area contributed by atoms with Crippen LogP contribution in [-0.2, 0) is 4.79 Å². The number of rotatable bonds is 9. The molecular formula is C27H25N3O6. The third kappa shape index (κ3) is 5.15. The first kappa shape index (κ1) is 24.3. The highest BCUT2D eigenvalue weighted by molar-refractivity contribution is 6.13. The molecule has 9 nitrogen and oxygen atoms in total. The van der Waals surface area contributed by atoms with E-state index in [2.05, 4.69) is 5.32 Å². The molecule has 0 aliphatic carbocycles. The number of aromatic nitrogens is 1. The van der Waals surface area contributed by atoms with Crippen molar-refractivity contribution < 1.29 is 28.5 Å². The normalized spacial score (nSPS) is 10.5. The molecule has 4 aromatic rings. The van der Waals surface area contributed by atoms with E-state index in [1.165, 1.54) is 21.3 Å². The molecule has 184 valence electrons. The van der Waals surface area contributed by atoms with E-state index in [4.69, 9.17) is 29.7 Å². The van der Waals surface area contributed by atoms with Crippen LogP contribution in [0.4, 0.5) is 5.69 Å². The summed E-state index contributed by atoms with van der Waals surface area (Å²) in [6, 6.07) is 19.4. The Morgan fingerprint density at radius 2 is 1.61 bits per heavy atom. The number of anilines is 1. The lowest BCUT2D eigenvalue weighted by Gasteiger charge is -2.15. The Bertz CT molecular complexity index is 1410. The van der Waals surface area contributed by atoms with E-state index < -0.39 is 5.91 Å². The van der Waals surface area contributed by atoms with Crippen molar-refractivity contribution in [2.45, 2.75) is 0 Å². The molecule has 1 heterocycles. The van der Waals surface area contributed by atoms with Crippen molar-refractivity contribution in [1.82, 2.24) is 4.98 Å². The van der Waals surface area contributed by atoms with E-state index in [-0.39, 0.29) is 12.5 Å². The summed E-state index contributed by atoms with van der Waals surface area (Å²) in [7, 11) is 4.61. The molecule has 3 N–H and O–H groups in total. The number of hydrogen-bond donors (Lipinski definition) is 2. The summed E-state index contributed by atoms with van der Waals surface area (Å²) >= 11 is 0. The molecule has 2 amide bonds. The predicted octanol–water partition coefficient (Wildman–Crippen LogP) is 4.04. The fraction of sp³-hybridized carbons (Fsp3) is 0.148. The van der Waals surface area contributed by atoms with Crippen LogP contribution in [0, 0.1) is 0 Å². The van der Waals surface area contributed by atoms with Gasteiger partial charge in [0.2, 0.25) is 5.75 Å². The number of carbonyl (C=O) groups excluding carboxylic acids is 2. The summed E-state index contributed by atoms with van der Waals surface area (Å²) in [6.07, 6.45) is 0. The summed E-state index contributed by atoms with van der Waals surface area (Å²) in [6.45, 7) is -0.259. The number of fused-ring (bicyclic) bond motifs is 1. The van der Waals surface area contributed by atoms with Crippen LogP contribution in [0.3, 0.4) is 0 Å². The SMILES string of the molecule is COc1cc(-c2cc(C(=O)Nc3cccc(OCC(N)=O)c3)c3ccccc3n2)cc(OC)c1OC. The number of nitrogens with two attached hydrogens (primary N) is 1. The topological polar surface area (TPSA) is 122 Å². The molecule has 36 heavy (non-hydrogen) atoms. The lowest BCUT2D eigenvalue weighted by atomic mass is 10.0. The van der Waals surface area contributed by atoms with Gasteiger partial charge in [-0.15, -0.1) is 0 Å². The molecule has 0 fully saturated rings. The van der Waals surface area contributed by atoms with Gasteiger partial charge in [-0.1, -0.05) is 24.3 Å². The maximum absolute atomic E-state index is 13.4. The standard InChI is InChI=1S/C27H25N3O6/c1-33-23-11-16(12-24(34-2)26(23)35-3)22-14-20(19-9-4-5-10-21(19)30-22)27(32)29-17-7-6-8-18(13-17)36-15-25(28)31/h4-14H,15H2,1-3H3,(H2,28,31)(H,29,32). The van der Waals surface area contributed by atoms with Crippen LogP contribution >= 0.6 is 0 Å². The number of amides is 2. The lowest BCUT2D eigenvalue weighted by Crippen LogP contribution is -2.20. The third-order valence-corrected chi connectivity index (χ3v) is 5.39. The Hall–Kier alpha value is -4.79. The van der Waals surface area contributed by atoms with Crippen molar-refractivity contribution in [3.63, 3.8) is 0 Å². The van der Waals surface area contributed by atoms with E-state index in [1.54, 1.807) is 42.5 Å². The van der Waals surface area contributed by atoms with Crippen LogP contribution in [-0.4, -0.2) is 44.7 Å². The highest BCUT2D eigenvalue weighted by Crippen LogP contribution is 2.41. The maximum Gasteiger partial charge on any atom is 0.256 e. The number of hydrogen-bond acceptors (Lipinski definition) is 7. The lowest BCUT2D eigenvalue weighted by molar-refractivity contribution is -0.119. The van der Waals surface area contributed by atoms with Crippen LogP contribution in [0.25, 0.3) is 22.2 Å². The summed E-state index contributed by atoms with van der Waals surface area (Å²) in [5.74, 6) is 0.882. The first-order chi connectivity index (χ1) is 17.4. The number of methoxy groups -OCH3 is 3. The average Bonchev–Trinajstić information content (AvgIpc) is 2.90. The minimum Gasteiger partial charge on any atom is -0.493 e. The number of ether oxygens (including phenoxy) is 4. The van der Waals surface area contributed by atoms with Crippen LogP contribution < -0.4 is 30.0 Å². The molecule has 0 bridgehead atoms. The van der Waals surface area contributed by atoms with E-state index >= 15 is 0 Å². The highest BCUT2D eigenvalue weighted by atomic mass is 16.5. The minimum absolute atomic E-state index is 0.259. The van der Waals surface area contributed by atoms with E-state index in [1.807, 2.05) is 24.3 Å². The first-order valence-electron chi connectivity index (χ1n) is 11.0. The number of benzene rings is 3. The van der Waals surface area contributed by atoms with Crippen molar-refractivity contribution >= 4 is 28.4 Å². The number of nitrogens with one attached hydrogen (secondary N) is 1. The monoisotopic (exact) mass is 487 g/mol. The Kier molecular flexibility index (Phi) is 7.20. The van der Waals surface area contributed by atoms with Crippen LogP contribution in [0.5, 0.6) is 23.0 Å². The quantitative estimate of drug-likeness (QED) is 0.365. The summed E-state index contributed by atoms with van der Waals surface area (Å²) < 4.78 is 21.7. The molecule has 1 aromatic heterocycles. The fourth-order valence-corrected chi connectivity index (χ4v) is 3.76. The van der Waals surface area contributed by atoms with Crippen molar-refractivity contribution in [3.05, 3.63) is 72.3 Å². The zero-order valence-electron chi connectivity index (χ0n) is 20.0. The molecule has 0 spiro atoms. The Balaban J connectivity index is 1.75. The minimum atomic E-state index is -0.591. The molecule has 0 aliphatic rings. The summed E-state index contributed by atoms with van der Waals surface area (Å²) in [5.41, 5.74) is 7.95. The fourth-order valence-electron chi connectivity index (χ4n) is 3.76. The van der Waals surface area contributed by atoms with Gasteiger partial charge in [-0.25, -0.2) is 4.98 Å². The van der Waals surface area contributed by atoms with Gasteiger partial charge in [0.15, 0.2) is 18.1 Å². The number of carbonyl (C=O) groups is 2. The smallest absolute Gasteiger partial charge is 0.256 e. The predicted molar refractivity (Wildman–Crippen MR) is 136 cm³/mol. The second kappa shape index (κ2) is 10.6. The van der Waals surface area contributed by atoms with Gasteiger partial charge in [0.1, 0.15) is 5.75 Å². The third-order valence-electron chi connectivity index (χ3n) is 5.39. The molecule has 0 aliphatic heterocycles. The summed E-state index contributed by atoms with van der Waals surface area (Å²) in [5, 5.41) is 3.58. The molecule has 4 rings (SSSR count). The molecule has 0 unspecified atom stereocenters. The largest absolute Gasteiger partial charge is 0.493 e. The van der Waals surface area contributed by atoms with Gasteiger partial charge in [-0.2, -0.15) is 0 Å². The van der Waals surface area contributed by atoms with Gasteiger partial charge >= 0.3 is 0 Å². The Labute approximate surface area is 207 Å². The molecule has 0 atom stereocenters. The van der Waals surface area contributed by atoms with E-state index in [0.717, 1.165) is 0 Å². The Morgan fingerprint density at radius 1 is 0.889 bits per heavy atom. The molecule has 0 radical (unpaired) electrons. The second-order valence-electron chi connectivity index (χ2n) is 7.72.